The quantitative estimate of drug-likeness (QED) is 0.733. The number of hydrogen-bond acceptors (Lipinski definition) is 4. The van der Waals surface area contributed by atoms with Gasteiger partial charge in [-0.1, -0.05) is 0 Å². The van der Waals surface area contributed by atoms with E-state index in [1.165, 1.54) is 6.42 Å². The first-order valence-electron chi connectivity index (χ1n) is 6.32. The topological polar surface area (TPSA) is 47.6 Å². The van der Waals surface area contributed by atoms with Crippen LogP contribution in [0.25, 0.3) is 0 Å². The molecule has 0 aromatic rings. The van der Waals surface area contributed by atoms with E-state index in [2.05, 4.69) is 5.32 Å². The highest BCUT2D eigenvalue weighted by atomic mass is 16.6. The number of carbonyl (C=O) groups excluding carboxylic acids is 1. The number of carbonyl (C=O) groups is 1. The van der Waals surface area contributed by atoms with Gasteiger partial charge in [0.2, 0.25) is 0 Å². The van der Waals surface area contributed by atoms with Crippen LogP contribution in [-0.2, 0) is 14.3 Å². The Kier molecular flexibility index (Phi) is 4.60. The van der Waals surface area contributed by atoms with Crippen molar-refractivity contribution in [3.8, 4) is 0 Å². The third-order valence-electron chi connectivity index (χ3n) is 3.32. The molecule has 0 spiro atoms. The van der Waals surface area contributed by atoms with E-state index < -0.39 is 0 Å². The summed E-state index contributed by atoms with van der Waals surface area (Å²) in [5, 5.41) is 3.32. The van der Waals surface area contributed by atoms with Gasteiger partial charge in [-0.25, -0.2) is 0 Å². The van der Waals surface area contributed by atoms with Crippen molar-refractivity contribution in [2.75, 3.05) is 26.3 Å². The van der Waals surface area contributed by atoms with Crippen molar-refractivity contribution in [3.05, 3.63) is 0 Å². The van der Waals surface area contributed by atoms with Gasteiger partial charge >= 0.3 is 5.97 Å². The van der Waals surface area contributed by atoms with Crippen molar-refractivity contribution < 1.29 is 14.3 Å². The van der Waals surface area contributed by atoms with Gasteiger partial charge in [0.1, 0.15) is 6.10 Å². The molecule has 1 atom stereocenters. The number of hydrogen-bond donors (Lipinski definition) is 1. The Morgan fingerprint density at radius 1 is 1.31 bits per heavy atom. The first-order chi connectivity index (χ1) is 7.84. The minimum absolute atomic E-state index is 0.0272. The van der Waals surface area contributed by atoms with Crippen molar-refractivity contribution in [2.45, 2.75) is 38.2 Å². The molecule has 4 nitrogen and oxygen atoms in total. The third kappa shape index (κ3) is 3.76. The lowest BCUT2D eigenvalue weighted by molar-refractivity contribution is -0.154. The molecule has 0 saturated carbocycles. The summed E-state index contributed by atoms with van der Waals surface area (Å²) in [6, 6.07) is 0. The van der Waals surface area contributed by atoms with E-state index in [0.717, 1.165) is 45.6 Å². The number of rotatable bonds is 3. The minimum atomic E-state index is -0.0272. The van der Waals surface area contributed by atoms with Gasteiger partial charge < -0.3 is 14.8 Å². The summed E-state index contributed by atoms with van der Waals surface area (Å²) in [6.07, 6.45) is 4.71. The number of esters is 1. The van der Waals surface area contributed by atoms with Crippen LogP contribution in [0.1, 0.15) is 32.1 Å². The Labute approximate surface area is 96.7 Å². The number of nitrogens with one attached hydrogen (secondary N) is 1. The Balaban J connectivity index is 1.66. The van der Waals surface area contributed by atoms with Crippen LogP contribution in [0, 0.1) is 5.92 Å². The van der Waals surface area contributed by atoms with E-state index in [-0.39, 0.29) is 12.1 Å². The summed E-state index contributed by atoms with van der Waals surface area (Å²) in [4.78, 5) is 11.7. The molecule has 1 unspecified atom stereocenters. The van der Waals surface area contributed by atoms with Crippen LogP contribution in [0.3, 0.4) is 0 Å². The van der Waals surface area contributed by atoms with Gasteiger partial charge in [-0.3, -0.25) is 4.79 Å². The van der Waals surface area contributed by atoms with E-state index in [0.29, 0.717) is 12.3 Å². The van der Waals surface area contributed by atoms with Gasteiger partial charge in [-0.2, -0.15) is 0 Å². The minimum Gasteiger partial charge on any atom is -0.462 e. The molecule has 0 radical (unpaired) electrons. The van der Waals surface area contributed by atoms with E-state index in [1.54, 1.807) is 0 Å². The fraction of sp³-hybridized carbons (Fsp3) is 0.917. The Bertz CT molecular complexity index is 198. The molecule has 0 aromatic carbocycles. The van der Waals surface area contributed by atoms with Gasteiger partial charge in [0.15, 0.2) is 0 Å². The maximum Gasteiger partial charge on any atom is 0.306 e. The Hall–Kier alpha value is -0.610. The van der Waals surface area contributed by atoms with E-state index >= 15 is 0 Å². The van der Waals surface area contributed by atoms with Crippen LogP contribution >= 0.6 is 0 Å². The van der Waals surface area contributed by atoms with Crippen LogP contribution in [0.4, 0.5) is 0 Å². The molecule has 0 aromatic heterocycles. The highest BCUT2D eigenvalue weighted by Crippen LogP contribution is 2.17. The van der Waals surface area contributed by atoms with Crippen molar-refractivity contribution in [1.82, 2.24) is 5.32 Å². The zero-order chi connectivity index (χ0) is 11.2. The second-order valence-corrected chi connectivity index (χ2v) is 4.72. The summed E-state index contributed by atoms with van der Waals surface area (Å²) in [7, 11) is 0. The predicted octanol–water partition coefficient (Wildman–Crippen LogP) is 1.10. The van der Waals surface area contributed by atoms with Crippen LogP contribution in [0.2, 0.25) is 0 Å². The number of piperidine rings is 1. The Morgan fingerprint density at radius 3 is 2.81 bits per heavy atom. The maximum atomic E-state index is 11.7. The largest absolute Gasteiger partial charge is 0.462 e. The van der Waals surface area contributed by atoms with Crippen molar-refractivity contribution >= 4 is 5.97 Å². The van der Waals surface area contributed by atoms with Gasteiger partial charge in [-0.05, 0) is 31.8 Å². The lowest BCUT2D eigenvalue weighted by atomic mass is 9.96. The van der Waals surface area contributed by atoms with Gasteiger partial charge in [0.25, 0.3) is 0 Å². The molecule has 4 heteroatoms. The fourth-order valence-corrected chi connectivity index (χ4v) is 2.36. The summed E-state index contributed by atoms with van der Waals surface area (Å²) in [5.41, 5.74) is 0. The summed E-state index contributed by atoms with van der Waals surface area (Å²) >= 11 is 0. The summed E-state index contributed by atoms with van der Waals surface area (Å²) in [6.45, 7) is 3.50. The highest BCUT2D eigenvalue weighted by molar-refractivity contribution is 5.69. The second kappa shape index (κ2) is 6.21. The zero-order valence-electron chi connectivity index (χ0n) is 9.74. The molecule has 0 bridgehead atoms. The lowest BCUT2D eigenvalue weighted by Crippen LogP contribution is -2.33. The molecule has 92 valence electrons. The van der Waals surface area contributed by atoms with Crippen molar-refractivity contribution in [3.63, 3.8) is 0 Å². The van der Waals surface area contributed by atoms with Gasteiger partial charge in [0.05, 0.1) is 13.2 Å². The predicted molar refractivity (Wildman–Crippen MR) is 60.1 cm³/mol. The smallest absolute Gasteiger partial charge is 0.306 e. The standard InChI is InChI=1S/C12H21NO3/c14-12(8-10-2-1-5-13-9-10)16-11-3-6-15-7-4-11/h10-11,13H,1-9H2. The molecule has 2 rings (SSSR count). The molecular formula is C12H21NO3. The Morgan fingerprint density at radius 2 is 2.12 bits per heavy atom. The van der Waals surface area contributed by atoms with E-state index in [1.807, 2.05) is 0 Å². The summed E-state index contributed by atoms with van der Waals surface area (Å²) < 4.78 is 10.7. The zero-order valence-corrected chi connectivity index (χ0v) is 9.74. The van der Waals surface area contributed by atoms with E-state index in [4.69, 9.17) is 9.47 Å². The average Bonchev–Trinajstić information content (AvgIpc) is 2.31. The van der Waals surface area contributed by atoms with Crippen LogP contribution < -0.4 is 5.32 Å². The van der Waals surface area contributed by atoms with Crippen molar-refractivity contribution in [1.29, 1.82) is 0 Å². The lowest BCUT2D eigenvalue weighted by Gasteiger charge is -2.25. The maximum absolute atomic E-state index is 11.7. The molecule has 0 amide bonds. The molecule has 2 heterocycles. The SMILES string of the molecule is O=C(CC1CCCNC1)OC1CCOCC1. The van der Waals surface area contributed by atoms with E-state index in [9.17, 15) is 4.79 Å². The highest BCUT2D eigenvalue weighted by Gasteiger charge is 2.21. The van der Waals surface area contributed by atoms with Crippen LogP contribution in [-0.4, -0.2) is 38.4 Å². The molecule has 16 heavy (non-hydrogen) atoms. The molecule has 2 aliphatic rings. The van der Waals surface area contributed by atoms with Gasteiger partial charge in [-0.15, -0.1) is 0 Å². The third-order valence-corrected chi connectivity index (χ3v) is 3.32. The second-order valence-electron chi connectivity index (χ2n) is 4.72. The van der Waals surface area contributed by atoms with Crippen molar-refractivity contribution in [2.24, 2.45) is 5.92 Å². The fourth-order valence-electron chi connectivity index (χ4n) is 2.36. The van der Waals surface area contributed by atoms with Crippen LogP contribution in [0.5, 0.6) is 0 Å². The molecule has 0 aliphatic carbocycles. The first-order valence-corrected chi connectivity index (χ1v) is 6.32. The van der Waals surface area contributed by atoms with Crippen LogP contribution in [0.15, 0.2) is 0 Å². The van der Waals surface area contributed by atoms with Gasteiger partial charge in [0, 0.05) is 19.3 Å². The molecule has 2 aliphatic heterocycles. The number of ether oxygens (including phenoxy) is 2. The molecule has 1 N–H and O–H groups in total. The molecular weight excluding hydrogens is 206 g/mol. The average molecular weight is 227 g/mol. The first kappa shape index (κ1) is 11.9. The molecule has 2 saturated heterocycles. The normalized spacial score (nSPS) is 27.6. The molecule has 2 fully saturated rings. The monoisotopic (exact) mass is 227 g/mol. The summed E-state index contributed by atoms with van der Waals surface area (Å²) in [5.74, 6) is 0.446.